The first-order chi connectivity index (χ1) is 10.7. The molecule has 0 saturated carbocycles. The summed E-state index contributed by atoms with van der Waals surface area (Å²) in [6.45, 7) is 3.41. The molecule has 5 rings (SSSR count). The SMILES string of the molecule is O=C(Cc1nsc2ccc(Br)cc12)NC1CN2CCC1CC2. The highest BCUT2D eigenvalue weighted by Crippen LogP contribution is 2.28. The van der Waals surface area contributed by atoms with Crippen LogP contribution in [0.2, 0.25) is 0 Å². The van der Waals surface area contributed by atoms with Crippen LogP contribution in [0.5, 0.6) is 0 Å². The first kappa shape index (κ1) is 14.6. The number of hydrogen-bond acceptors (Lipinski definition) is 4. The minimum atomic E-state index is 0.103. The maximum atomic E-state index is 12.4. The fourth-order valence-electron chi connectivity index (χ4n) is 3.63. The molecular formula is C16H18BrN3OS. The molecule has 1 aromatic heterocycles. The molecule has 4 heterocycles. The predicted molar refractivity (Wildman–Crippen MR) is 92.1 cm³/mol. The lowest BCUT2D eigenvalue weighted by Gasteiger charge is -2.44. The number of carbonyl (C=O) groups excluding carboxylic acids is 1. The van der Waals surface area contributed by atoms with Crippen LogP contribution < -0.4 is 5.32 Å². The van der Waals surface area contributed by atoms with Crippen molar-refractivity contribution < 1.29 is 4.79 Å². The molecule has 116 valence electrons. The Labute approximate surface area is 142 Å². The van der Waals surface area contributed by atoms with Gasteiger partial charge in [0.25, 0.3) is 0 Å². The van der Waals surface area contributed by atoms with Crippen molar-refractivity contribution in [3.8, 4) is 0 Å². The van der Waals surface area contributed by atoms with Gasteiger partial charge in [0.05, 0.1) is 16.8 Å². The van der Waals surface area contributed by atoms with E-state index in [-0.39, 0.29) is 5.91 Å². The van der Waals surface area contributed by atoms with E-state index < -0.39 is 0 Å². The second-order valence-corrected chi connectivity index (χ2v) is 7.98. The molecular weight excluding hydrogens is 362 g/mol. The number of hydrogen-bond donors (Lipinski definition) is 1. The van der Waals surface area contributed by atoms with E-state index in [0.29, 0.717) is 18.4 Å². The summed E-state index contributed by atoms with van der Waals surface area (Å²) in [7, 11) is 0. The van der Waals surface area contributed by atoms with E-state index >= 15 is 0 Å². The van der Waals surface area contributed by atoms with Gasteiger partial charge in [-0.05, 0) is 61.6 Å². The molecule has 2 aromatic rings. The van der Waals surface area contributed by atoms with Crippen LogP contribution in [-0.4, -0.2) is 40.9 Å². The quantitative estimate of drug-likeness (QED) is 0.891. The van der Waals surface area contributed by atoms with Crippen LogP contribution >= 0.6 is 27.5 Å². The molecule has 1 aromatic carbocycles. The van der Waals surface area contributed by atoms with Crippen LogP contribution in [-0.2, 0) is 11.2 Å². The summed E-state index contributed by atoms with van der Waals surface area (Å²) in [4.78, 5) is 14.9. The Balaban J connectivity index is 1.46. The average molecular weight is 380 g/mol. The van der Waals surface area contributed by atoms with Gasteiger partial charge in [0.1, 0.15) is 0 Å². The van der Waals surface area contributed by atoms with Crippen LogP contribution in [0.3, 0.4) is 0 Å². The van der Waals surface area contributed by atoms with Gasteiger partial charge >= 0.3 is 0 Å². The zero-order chi connectivity index (χ0) is 15.1. The number of benzene rings is 1. The zero-order valence-corrected chi connectivity index (χ0v) is 14.6. The van der Waals surface area contributed by atoms with Gasteiger partial charge in [-0.15, -0.1) is 0 Å². The van der Waals surface area contributed by atoms with Crippen molar-refractivity contribution in [3.63, 3.8) is 0 Å². The van der Waals surface area contributed by atoms with Gasteiger partial charge in [-0.2, -0.15) is 4.37 Å². The van der Waals surface area contributed by atoms with E-state index in [2.05, 4.69) is 36.6 Å². The number of rotatable bonds is 3. The van der Waals surface area contributed by atoms with E-state index in [1.165, 1.54) is 37.5 Å². The number of halogens is 1. The maximum Gasteiger partial charge on any atom is 0.226 e. The third-order valence-electron chi connectivity index (χ3n) is 4.84. The van der Waals surface area contributed by atoms with Crippen molar-refractivity contribution in [2.45, 2.75) is 25.3 Å². The Kier molecular flexibility index (Phi) is 3.92. The van der Waals surface area contributed by atoms with E-state index in [4.69, 9.17) is 0 Å². The first-order valence-corrected chi connectivity index (χ1v) is 9.31. The molecule has 22 heavy (non-hydrogen) atoms. The smallest absolute Gasteiger partial charge is 0.226 e. The van der Waals surface area contributed by atoms with Crippen molar-refractivity contribution >= 4 is 43.5 Å². The predicted octanol–water partition coefficient (Wildman–Crippen LogP) is 2.81. The fraction of sp³-hybridized carbons (Fsp3) is 0.500. The van der Waals surface area contributed by atoms with Gasteiger partial charge in [-0.25, -0.2) is 0 Å². The molecule has 3 aliphatic heterocycles. The third-order valence-corrected chi connectivity index (χ3v) is 6.19. The zero-order valence-electron chi connectivity index (χ0n) is 12.2. The Morgan fingerprint density at radius 1 is 1.41 bits per heavy atom. The highest BCUT2D eigenvalue weighted by Gasteiger charge is 2.34. The Bertz CT molecular complexity index is 708. The molecule has 6 heteroatoms. The van der Waals surface area contributed by atoms with Gasteiger partial charge in [0.15, 0.2) is 0 Å². The normalized spacial score (nSPS) is 27.2. The molecule has 2 bridgehead atoms. The summed E-state index contributed by atoms with van der Waals surface area (Å²) in [5.41, 5.74) is 0.889. The van der Waals surface area contributed by atoms with Crippen LogP contribution in [0, 0.1) is 5.92 Å². The second-order valence-electron chi connectivity index (χ2n) is 6.26. The summed E-state index contributed by atoms with van der Waals surface area (Å²) < 4.78 is 6.63. The van der Waals surface area contributed by atoms with Crippen molar-refractivity contribution in [1.82, 2.24) is 14.6 Å². The molecule has 0 aliphatic carbocycles. The Morgan fingerprint density at radius 3 is 2.95 bits per heavy atom. The van der Waals surface area contributed by atoms with Crippen molar-refractivity contribution in [3.05, 3.63) is 28.4 Å². The molecule has 3 saturated heterocycles. The van der Waals surface area contributed by atoms with Crippen LogP contribution in [0.15, 0.2) is 22.7 Å². The van der Waals surface area contributed by atoms with Gasteiger partial charge in [0.2, 0.25) is 5.91 Å². The van der Waals surface area contributed by atoms with E-state index in [1.807, 2.05) is 12.1 Å². The van der Waals surface area contributed by atoms with Crippen LogP contribution in [0.25, 0.3) is 10.1 Å². The van der Waals surface area contributed by atoms with E-state index in [0.717, 1.165) is 26.8 Å². The number of piperidine rings is 3. The van der Waals surface area contributed by atoms with Crippen molar-refractivity contribution in [2.24, 2.45) is 5.92 Å². The number of nitrogens with zero attached hydrogens (tertiary/aromatic N) is 2. The molecule has 4 nitrogen and oxygen atoms in total. The molecule has 1 atom stereocenters. The van der Waals surface area contributed by atoms with Crippen molar-refractivity contribution in [1.29, 1.82) is 0 Å². The average Bonchev–Trinajstić information content (AvgIpc) is 2.90. The standard InChI is InChI=1S/C16H18BrN3OS/c17-11-1-2-15-12(7-11)13(19-22-15)8-16(21)18-14-9-20-5-3-10(14)4-6-20/h1-2,7,10,14H,3-6,8-9H2,(H,18,21). The van der Waals surface area contributed by atoms with Gasteiger partial charge in [-0.1, -0.05) is 15.9 Å². The molecule has 0 radical (unpaired) electrons. The number of fused-ring (bicyclic) bond motifs is 4. The summed E-state index contributed by atoms with van der Waals surface area (Å²) in [6.07, 6.45) is 2.81. The lowest BCUT2D eigenvalue weighted by Crippen LogP contribution is -2.57. The first-order valence-electron chi connectivity index (χ1n) is 7.74. The number of nitrogens with one attached hydrogen (secondary N) is 1. The van der Waals surface area contributed by atoms with Crippen molar-refractivity contribution in [2.75, 3.05) is 19.6 Å². The van der Waals surface area contributed by atoms with Gasteiger partial charge in [0, 0.05) is 22.4 Å². The number of carbonyl (C=O) groups is 1. The summed E-state index contributed by atoms with van der Waals surface area (Å²) >= 11 is 4.95. The Morgan fingerprint density at radius 2 is 2.23 bits per heavy atom. The molecule has 3 aliphatic rings. The Hall–Kier alpha value is -0.980. The highest BCUT2D eigenvalue weighted by molar-refractivity contribution is 9.10. The number of aromatic nitrogens is 1. The molecule has 1 N–H and O–H groups in total. The highest BCUT2D eigenvalue weighted by atomic mass is 79.9. The molecule has 3 fully saturated rings. The minimum absolute atomic E-state index is 0.103. The van der Waals surface area contributed by atoms with Crippen LogP contribution in [0.4, 0.5) is 0 Å². The lowest BCUT2D eigenvalue weighted by atomic mass is 9.84. The molecule has 1 unspecified atom stereocenters. The van der Waals surface area contributed by atoms with Gasteiger partial charge < -0.3 is 10.2 Å². The molecule has 1 amide bonds. The van der Waals surface area contributed by atoms with E-state index in [9.17, 15) is 4.79 Å². The summed E-state index contributed by atoms with van der Waals surface area (Å²) in [6, 6.07) is 6.44. The minimum Gasteiger partial charge on any atom is -0.351 e. The maximum absolute atomic E-state index is 12.4. The van der Waals surface area contributed by atoms with Gasteiger partial charge in [-0.3, -0.25) is 4.79 Å². The topological polar surface area (TPSA) is 45.2 Å². The second kappa shape index (κ2) is 5.91. The number of amides is 1. The third kappa shape index (κ3) is 2.79. The molecule has 0 spiro atoms. The fourth-order valence-corrected chi connectivity index (χ4v) is 4.76. The summed E-state index contributed by atoms with van der Waals surface area (Å²) in [5.74, 6) is 0.765. The largest absolute Gasteiger partial charge is 0.351 e. The monoisotopic (exact) mass is 379 g/mol. The van der Waals surface area contributed by atoms with Crippen LogP contribution in [0.1, 0.15) is 18.5 Å². The lowest BCUT2D eigenvalue weighted by molar-refractivity contribution is -0.122. The van der Waals surface area contributed by atoms with E-state index in [1.54, 1.807) is 0 Å². The summed E-state index contributed by atoms with van der Waals surface area (Å²) in [5, 5.41) is 4.33.